The molecule has 0 saturated carbocycles. The monoisotopic (exact) mass is 507 g/mol. The van der Waals surface area contributed by atoms with Gasteiger partial charge in [-0.2, -0.15) is 0 Å². The molecule has 0 aliphatic rings. The number of H-pyrrole nitrogens is 1. The molecule has 2 rings (SSSR count). The second-order valence-corrected chi connectivity index (χ2v) is 7.99. The van der Waals surface area contributed by atoms with Gasteiger partial charge in [0.1, 0.15) is 18.1 Å². The molecule has 4 unspecified atom stereocenters. The van der Waals surface area contributed by atoms with Crippen molar-refractivity contribution in [1.29, 1.82) is 0 Å². The first-order valence-electron chi connectivity index (χ1n) is 10.9. The Morgan fingerprint density at radius 1 is 0.861 bits per heavy atom. The summed E-state index contributed by atoms with van der Waals surface area (Å²) in [5.41, 5.74) is 7.62. The molecule has 10 N–H and O–H groups in total. The van der Waals surface area contributed by atoms with Gasteiger partial charge in [0.25, 0.3) is 0 Å². The smallest absolute Gasteiger partial charge is 0.328 e. The number of nitrogens with one attached hydrogen (secondary N) is 4. The van der Waals surface area contributed by atoms with Crippen molar-refractivity contribution in [2.45, 2.75) is 43.4 Å². The number of carboxylic acids is 2. The number of aromatic nitrogens is 1. The van der Waals surface area contributed by atoms with Gasteiger partial charge in [0.2, 0.25) is 17.7 Å². The first-order valence-corrected chi connectivity index (χ1v) is 10.9. The maximum atomic E-state index is 12.7. The van der Waals surface area contributed by atoms with Gasteiger partial charge in [-0.1, -0.05) is 18.2 Å². The van der Waals surface area contributed by atoms with Gasteiger partial charge in [-0.25, -0.2) is 4.79 Å². The van der Waals surface area contributed by atoms with Gasteiger partial charge < -0.3 is 47.1 Å². The summed E-state index contributed by atoms with van der Waals surface area (Å²) in [5.74, 6) is -5.62. The summed E-state index contributed by atoms with van der Waals surface area (Å²) in [4.78, 5) is 62.8. The minimum atomic E-state index is -1.67. The Labute approximate surface area is 204 Å². The largest absolute Gasteiger partial charge is 0.481 e. The number of aliphatic carboxylic acids is 2. The van der Waals surface area contributed by atoms with E-state index in [9.17, 15) is 29.1 Å². The number of carbonyl (C=O) groups is 5. The van der Waals surface area contributed by atoms with Crippen LogP contribution in [0.25, 0.3) is 10.9 Å². The fraction of sp³-hybridized carbons (Fsp3) is 0.409. The van der Waals surface area contributed by atoms with Gasteiger partial charge >= 0.3 is 11.9 Å². The zero-order valence-corrected chi connectivity index (χ0v) is 19.1. The van der Waals surface area contributed by atoms with E-state index in [4.69, 9.17) is 21.1 Å². The van der Waals surface area contributed by atoms with E-state index < -0.39 is 73.5 Å². The third-order valence-corrected chi connectivity index (χ3v) is 5.34. The van der Waals surface area contributed by atoms with Crippen molar-refractivity contribution in [3.63, 3.8) is 0 Å². The number of carboxylic acid groups (broad SMARTS) is 2. The third-order valence-electron chi connectivity index (χ3n) is 5.34. The number of fused-ring (bicyclic) bond motifs is 1. The number of para-hydroxylation sites is 1. The molecule has 0 aliphatic heterocycles. The molecular weight excluding hydrogens is 478 g/mol. The average Bonchev–Trinajstić information content (AvgIpc) is 3.25. The van der Waals surface area contributed by atoms with E-state index in [1.54, 1.807) is 6.20 Å². The van der Waals surface area contributed by atoms with Gasteiger partial charge in [-0.3, -0.25) is 19.2 Å². The van der Waals surface area contributed by atoms with E-state index in [0.29, 0.717) is 0 Å². The van der Waals surface area contributed by atoms with E-state index in [2.05, 4.69) is 15.6 Å². The van der Waals surface area contributed by atoms with Crippen LogP contribution in [0.2, 0.25) is 0 Å². The van der Waals surface area contributed by atoms with Crippen molar-refractivity contribution in [2.75, 3.05) is 13.2 Å². The molecule has 0 spiro atoms. The highest BCUT2D eigenvalue weighted by molar-refractivity contribution is 5.94. The molecule has 0 fully saturated rings. The average molecular weight is 508 g/mol. The fourth-order valence-electron chi connectivity index (χ4n) is 3.37. The van der Waals surface area contributed by atoms with Crippen molar-refractivity contribution in [3.8, 4) is 0 Å². The summed E-state index contributed by atoms with van der Waals surface area (Å²) in [7, 11) is 0. The Bertz CT molecular complexity index is 1100. The summed E-state index contributed by atoms with van der Waals surface area (Å²) >= 11 is 0. The molecule has 4 atom stereocenters. The Hall–Kier alpha value is -4.01. The molecule has 2 aromatic rings. The lowest BCUT2D eigenvalue weighted by Gasteiger charge is -2.23. The van der Waals surface area contributed by atoms with E-state index in [1.807, 2.05) is 29.6 Å². The normalized spacial score (nSPS) is 14.3. The fourth-order valence-corrected chi connectivity index (χ4v) is 3.37. The maximum absolute atomic E-state index is 12.7. The van der Waals surface area contributed by atoms with Crippen LogP contribution in [0, 0.1) is 0 Å². The lowest BCUT2D eigenvalue weighted by atomic mass is 10.0. The van der Waals surface area contributed by atoms with E-state index >= 15 is 0 Å². The van der Waals surface area contributed by atoms with Crippen LogP contribution >= 0.6 is 0 Å². The number of hydrogen-bond donors (Lipinski definition) is 9. The second-order valence-electron chi connectivity index (χ2n) is 7.99. The highest BCUT2D eigenvalue weighted by Gasteiger charge is 2.30. The van der Waals surface area contributed by atoms with Crippen LogP contribution in [0.5, 0.6) is 0 Å². The molecule has 14 heteroatoms. The van der Waals surface area contributed by atoms with E-state index in [1.165, 1.54) is 0 Å². The Balaban J connectivity index is 2.08. The molecule has 0 aliphatic carbocycles. The molecule has 3 amide bonds. The van der Waals surface area contributed by atoms with Crippen LogP contribution < -0.4 is 21.7 Å². The van der Waals surface area contributed by atoms with Crippen molar-refractivity contribution in [2.24, 2.45) is 5.73 Å². The van der Waals surface area contributed by atoms with Crippen LogP contribution in [0.15, 0.2) is 30.5 Å². The second kappa shape index (κ2) is 13.2. The highest BCUT2D eigenvalue weighted by Crippen LogP contribution is 2.18. The maximum Gasteiger partial charge on any atom is 0.328 e. The topological polar surface area (TPSA) is 244 Å². The number of hydrogen-bond acceptors (Lipinski definition) is 8. The Morgan fingerprint density at radius 3 is 2.06 bits per heavy atom. The predicted molar refractivity (Wildman–Crippen MR) is 124 cm³/mol. The van der Waals surface area contributed by atoms with Crippen LogP contribution in [0.1, 0.15) is 18.4 Å². The molecule has 0 radical (unpaired) electrons. The van der Waals surface area contributed by atoms with Gasteiger partial charge in [0, 0.05) is 23.5 Å². The molecule has 0 saturated heterocycles. The zero-order valence-electron chi connectivity index (χ0n) is 19.1. The molecular formula is C22H29N5O9. The van der Waals surface area contributed by atoms with Crippen LogP contribution in [-0.4, -0.2) is 92.5 Å². The van der Waals surface area contributed by atoms with Crippen LogP contribution in [0.4, 0.5) is 0 Å². The van der Waals surface area contributed by atoms with Gasteiger partial charge in [0.15, 0.2) is 0 Å². The molecule has 14 nitrogen and oxygen atoms in total. The third kappa shape index (κ3) is 7.76. The molecule has 1 aromatic heterocycles. The zero-order chi connectivity index (χ0) is 26.8. The minimum Gasteiger partial charge on any atom is -0.481 e. The number of carbonyl (C=O) groups excluding carboxylic acids is 3. The van der Waals surface area contributed by atoms with Crippen molar-refractivity contribution in [1.82, 2.24) is 20.9 Å². The molecule has 1 heterocycles. The van der Waals surface area contributed by atoms with Crippen molar-refractivity contribution in [3.05, 3.63) is 36.0 Å². The summed E-state index contributed by atoms with van der Waals surface area (Å²) in [6.07, 6.45) is 0.967. The summed E-state index contributed by atoms with van der Waals surface area (Å²) in [5, 5.41) is 43.8. The Kier molecular flexibility index (Phi) is 10.3. The molecule has 36 heavy (non-hydrogen) atoms. The number of aliphatic hydroxyl groups is 2. The SMILES string of the molecule is NC(Cc1c[nH]c2ccccc12)C(=O)NC(CCC(=O)O)C(=O)NC(CO)C(=O)NC(CO)C(=O)O. The molecule has 0 bridgehead atoms. The summed E-state index contributed by atoms with van der Waals surface area (Å²) < 4.78 is 0. The van der Waals surface area contributed by atoms with Gasteiger partial charge in [-0.15, -0.1) is 0 Å². The quantitative estimate of drug-likeness (QED) is 0.129. The first kappa shape index (κ1) is 28.2. The number of aromatic amines is 1. The lowest BCUT2D eigenvalue weighted by Crippen LogP contribution is -2.58. The summed E-state index contributed by atoms with van der Waals surface area (Å²) in [6, 6.07) is 1.55. The summed E-state index contributed by atoms with van der Waals surface area (Å²) in [6.45, 7) is -1.87. The highest BCUT2D eigenvalue weighted by atomic mass is 16.4. The molecule has 1 aromatic carbocycles. The van der Waals surface area contributed by atoms with E-state index in [0.717, 1.165) is 16.5 Å². The standard InChI is InChI=1S/C22H29N5O9/c23-13(7-11-8-24-14-4-2-1-3-12(11)14)19(32)25-15(5-6-18(30)31)20(33)26-16(9-28)21(34)27-17(10-29)22(35)36/h1-4,8,13,15-17,24,28-29H,5-7,9-10,23H2,(H,25,32)(H,26,33)(H,27,34)(H,30,31)(H,35,36). The lowest BCUT2D eigenvalue weighted by molar-refractivity contribution is -0.143. The van der Waals surface area contributed by atoms with Gasteiger partial charge in [0.05, 0.1) is 19.3 Å². The van der Waals surface area contributed by atoms with Crippen LogP contribution in [0.3, 0.4) is 0 Å². The number of nitrogens with two attached hydrogens (primary N) is 1. The minimum absolute atomic E-state index is 0.114. The number of rotatable bonds is 14. The van der Waals surface area contributed by atoms with Crippen LogP contribution in [-0.2, 0) is 30.4 Å². The van der Waals surface area contributed by atoms with E-state index in [-0.39, 0.29) is 12.8 Å². The first-order chi connectivity index (χ1) is 17.1. The Morgan fingerprint density at radius 2 is 1.44 bits per heavy atom. The van der Waals surface area contributed by atoms with Crippen molar-refractivity contribution < 1.29 is 44.4 Å². The number of aliphatic hydroxyl groups excluding tert-OH is 2. The van der Waals surface area contributed by atoms with Crippen molar-refractivity contribution >= 4 is 40.6 Å². The number of benzene rings is 1. The van der Waals surface area contributed by atoms with Gasteiger partial charge in [-0.05, 0) is 24.5 Å². The number of amides is 3. The predicted octanol–water partition coefficient (Wildman–Crippen LogP) is -2.57. The molecule has 196 valence electrons.